The Hall–Kier alpha value is -2.42. The summed E-state index contributed by atoms with van der Waals surface area (Å²) in [6, 6.07) is 14.9. The van der Waals surface area contributed by atoms with E-state index < -0.39 is 10.0 Å². The number of nitrogens with zero attached hydrogens (tertiary/aromatic N) is 3. The highest BCUT2D eigenvalue weighted by Crippen LogP contribution is 2.28. The minimum atomic E-state index is -3.63. The highest BCUT2D eigenvalue weighted by molar-refractivity contribution is 7.89. The fourth-order valence-corrected chi connectivity index (χ4v) is 4.79. The lowest BCUT2D eigenvalue weighted by atomic mass is 10.1. The Balaban J connectivity index is 1.90. The van der Waals surface area contributed by atoms with E-state index in [9.17, 15) is 13.2 Å². The molecule has 0 aromatic heterocycles. The normalized spacial score (nSPS) is 15.5. The van der Waals surface area contributed by atoms with Crippen LogP contribution in [0.15, 0.2) is 53.4 Å². The molecule has 1 aliphatic rings. The number of anilines is 1. The van der Waals surface area contributed by atoms with Gasteiger partial charge in [-0.15, -0.1) is 0 Å². The van der Waals surface area contributed by atoms with Gasteiger partial charge in [-0.1, -0.05) is 30.3 Å². The zero-order valence-electron chi connectivity index (χ0n) is 18.7. The standard InChI is InChI=1S/C23H32N4O3S/c1-25(2)22(18-10-6-5-7-11-18)17-24-23(28)20-16-19(31(29,30)26(3)4)12-13-21(20)27-14-8-9-15-27/h5-7,10-13,16,22H,8-9,14-15,17H2,1-4H3,(H,24,28). The number of nitrogens with one attached hydrogen (secondary N) is 1. The van der Waals surface area contributed by atoms with Crippen molar-refractivity contribution in [3.8, 4) is 0 Å². The van der Waals surface area contributed by atoms with Gasteiger partial charge in [0.2, 0.25) is 10.0 Å². The lowest BCUT2D eigenvalue weighted by Gasteiger charge is -2.26. The van der Waals surface area contributed by atoms with Gasteiger partial charge in [-0.25, -0.2) is 12.7 Å². The molecule has 0 spiro atoms. The number of sulfonamides is 1. The van der Waals surface area contributed by atoms with Gasteiger partial charge in [0.25, 0.3) is 5.91 Å². The number of likely N-dealkylation sites (N-methyl/N-ethyl adjacent to an activating group) is 1. The summed E-state index contributed by atoms with van der Waals surface area (Å²) in [5.41, 5.74) is 2.29. The van der Waals surface area contributed by atoms with Crippen molar-refractivity contribution in [3.63, 3.8) is 0 Å². The van der Waals surface area contributed by atoms with Gasteiger partial charge in [-0.3, -0.25) is 4.79 Å². The molecule has 8 heteroatoms. The first-order valence-corrected chi connectivity index (χ1v) is 12.0. The summed E-state index contributed by atoms with van der Waals surface area (Å²) in [6.45, 7) is 2.15. The van der Waals surface area contributed by atoms with Gasteiger partial charge in [0.1, 0.15) is 0 Å². The summed E-state index contributed by atoms with van der Waals surface area (Å²) in [5, 5.41) is 3.03. The first-order chi connectivity index (χ1) is 14.7. The quantitative estimate of drug-likeness (QED) is 0.678. The Kier molecular flexibility index (Phi) is 7.35. The zero-order valence-corrected chi connectivity index (χ0v) is 19.5. The van der Waals surface area contributed by atoms with Gasteiger partial charge in [0, 0.05) is 39.4 Å². The van der Waals surface area contributed by atoms with Crippen molar-refractivity contribution in [2.45, 2.75) is 23.8 Å². The molecule has 1 heterocycles. The third-order valence-electron chi connectivity index (χ3n) is 5.70. The molecule has 0 saturated carbocycles. The van der Waals surface area contributed by atoms with Crippen LogP contribution in [0.1, 0.15) is 34.8 Å². The average Bonchev–Trinajstić information content (AvgIpc) is 3.28. The smallest absolute Gasteiger partial charge is 0.253 e. The molecule has 1 aliphatic heterocycles. The number of amides is 1. The van der Waals surface area contributed by atoms with E-state index in [0.29, 0.717) is 12.1 Å². The van der Waals surface area contributed by atoms with E-state index in [-0.39, 0.29) is 16.8 Å². The number of hydrogen-bond donors (Lipinski definition) is 1. The summed E-state index contributed by atoms with van der Waals surface area (Å²) < 4.78 is 26.5. The summed E-state index contributed by atoms with van der Waals surface area (Å²) >= 11 is 0. The number of carbonyl (C=O) groups excluding carboxylic acids is 1. The van der Waals surface area contributed by atoms with Crippen molar-refractivity contribution in [2.75, 3.05) is 52.7 Å². The van der Waals surface area contributed by atoms with Gasteiger partial charge in [-0.2, -0.15) is 0 Å². The molecular weight excluding hydrogens is 412 g/mol. The van der Waals surface area contributed by atoms with Crippen LogP contribution in [0.2, 0.25) is 0 Å². The Morgan fingerprint density at radius 2 is 1.68 bits per heavy atom. The van der Waals surface area contributed by atoms with Crippen molar-refractivity contribution in [3.05, 3.63) is 59.7 Å². The van der Waals surface area contributed by atoms with Crippen LogP contribution >= 0.6 is 0 Å². The minimum Gasteiger partial charge on any atom is -0.371 e. The first-order valence-electron chi connectivity index (χ1n) is 10.5. The lowest BCUT2D eigenvalue weighted by molar-refractivity contribution is 0.0942. The molecule has 2 aromatic rings. The van der Waals surface area contributed by atoms with Gasteiger partial charge >= 0.3 is 0 Å². The highest BCUT2D eigenvalue weighted by atomic mass is 32.2. The molecule has 1 fully saturated rings. The van der Waals surface area contributed by atoms with Crippen molar-refractivity contribution >= 4 is 21.6 Å². The van der Waals surface area contributed by atoms with Crippen LogP contribution in [0.25, 0.3) is 0 Å². The fraction of sp³-hybridized carbons (Fsp3) is 0.435. The highest BCUT2D eigenvalue weighted by Gasteiger charge is 2.25. The average molecular weight is 445 g/mol. The molecular formula is C23H32N4O3S. The van der Waals surface area contributed by atoms with Gasteiger partial charge in [-0.05, 0) is 50.7 Å². The number of carbonyl (C=O) groups is 1. The molecule has 168 valence electrons. The molecule has 1 amide bonds. The maximum absolute atomic E-state index is 13.3. The molecule has 1 atom stereocenters. The maximum Gasteiger partial charge on any atom is 0.253 e. The summed E-state index contributed by atoms with van der Waals surface area (Å²) in [7, 11) is 3.30. The van der Waals surface area contributed by atoms with Gasteiger partial charge in [0.05, 0.1) is 16.5 Å². The number of rotatable bonds is 8. The van der Waals surface area contributed by atoms with Crippen molar-refractivity contribution in [2.24, 2.45) is 0 Å². The Morgan fingerprint density at radius 3 is 2.26 bits per heavy atom. The van der Waals surface area contributed by atoms with Crippen LogP contribution < -0.4 is 10.2 Å². The van der Waals surface area contributed by atoms with E-state index in [1.54, 1.807) is 12.1 Å². The topological polar surface area (TPSA) is 73.0 Å². The number of hydrogen-bond acceptors (Lipinski definition) is 5. The molecule has 1 saturated heterocycles. The summed E-state index contributed by atoms with van der Waals surface area (Å²) in [6.07, 6.45) is 2.13. The van der Waals surface area contributed by atoms with Crippen molar-refractivity contribution in [1.29, 1.82) is 0 Å². The molecule has 0 radical (unpaired) electrons. The van der Waals surface area contributed by atoms with E-state index in [2.05, 4.69) is 15.1 Å². The van der Waals surface area contributed by atoms with Crippen molar-refractivity contribution in [1.82, 2.24) is 14.5 Å². The molecule has 0 aliphatic carbocycles. The van der Waals surface area contributed by atoms with Crippen LogP contribution in [-0.4, -0.2) is 71.4 Å². The SMILES string of the molecule is CN(C)C(CNC(=O)c1cc(S(=O)(=O)N(C)C)ccc1N1CCCC1)c1ccccc1. The Morgan fingerprint density at radius 1 is 1.03 bits per heavy atom. The van der Waals surface area contributed by atoms with Crippen LogP contribution in [0, 0.1) is 0 Å². The molecule has 0 bridgehead atoms. The molecule has 3 rings (SSSR count). The van der Waals surface area contributed by atoms with Crippen LogP contribution in [-0.2, 0) is 10.0 Å². The predicted molar refractivity (Wildman–Crippen MR) is 124 cm³/mol. The van der Waals surface area contributed by atoms with E-state index in [0.717, 1.165) is 41.5 Å². The van der Waals surface area contributed by atoms with Crippen LogP contribution in [0.4, 0.5) is 5.69 Å². The number of benzene rings is 2. The summed E-state index contributed by atoms with van der Waals surface area (Å²) in [4.78, 5) is 17.6. The molecule has 7 nitrogen and oxygen atoms in total. The van der Waals surface area contributed by atoms with Crippen LogP contribution in [0.5, 0.6) is 0 Å². The zero-order chi connectivity index (χ0) is 22.6. The second-order valence-corrected chi connectivity index (χ2v) is 10.4. The third-order valence-corrected chi connectivity index (χ3v) is 7.51. The van der Waals surface area contributed by atoms with E-state index in [1.165, 1.54) is 20.2 Å². The van der Waals surface area contributed by atoms with E-state index in [1.807, 2.05) is 44.4 Å². The fourth-order valence-electron chi connectivity index (χ4n) is 3.86. The largest absolute Gasteiger partial charge is 0.371 e. The Bertz CT molecular complexity index is 1000. The first kappa shape index (κ1) is 23.2. The molecule has 1 unspecified atom stereocenters. The van der Waals surface area contributed by atoms with E-state index >= 15 is 0 Å². The van der Waals surface area contributed by atoms with Crippen LogP contribution in [0.3, 0.4) is 0 Å². The van der Waals surface area contributed by atoms with E-state index in [4.69, 9.17) is 0 Å². The predicted octanol–water partition coefficient (Wildman–Crippen LogP) is 2.57. The molecule has 31 heavy (non-hydrogen) atoms. The second kappa shape index (κ2) is 9.80. The van der Waals surface area contributed by atoms with Gasteiger partial charge < -0.3 is 15.1 Å². The lowest BCUT2D eigenvalue weighted by Crippen LogP contribution is -2.35. The third kappa shape index (κ3) is 5.26. The maximum atomic E-state index is 13.3. The Labute approximate surface area is 185 Å². The van der Waals surface area contributed by atoms with Crippen molar-refractivity contribution < 1.29 is 13.2 Å². The summed E-state index contributed by atoms with van der Waals surface area (Å²) in [5.74, 6) is -0.263. The van der Waals surface area contributed by atoms with Gasteiger partial charge in [0.15, 0.2) is 0 Å². The monoisotopic (exact) mass is 444 g/mol. The molecule has 2 aromatic carbocycles. The minimum absolute atomic E-state index is 0.00840. The second-order valence-electron chi connectivity index (χ2n) is 8.26. The molecule has 1 N–H and O–H groups in total.